The molecular formula is C25H39N3O7. The molecular weight excluding hydrogens is 454 g/mol. The van der Waals surface area contributed by atoms with Crippen LogP contribution in [0.4, 0.5) is 4.79 Å². The number of amides is 3. The number of methoxy groups -OCH3 is 1. The summed E-state index contributed by atoms with van der Waals surface area (Å²) in [4.78, 5) is 50.3. The van der Waals surface area contributed by atoms with E-state index in [2.05, 4.69) is 16.0 Å². The summed E-state index contributed by atoms with van der Waals surface area (Å²) in [5.74, 6) is -1.34. The van der Waals surface area contributed by atoms with E-state index >= 15 is 0 Å². The molecule has 10 heteroatoms. The van der Waals surface area contributed by atoms with Crippen LogP contribution >= 0.6 is 0 Å². The highest BCUT2D eigenvalue weighted by molar-refractivity contribution is 6.38. The Hall–Kier alpha value is -3.14. The smallest absolute Gasteiger partial charge is 0.407 e. The van der Waals surface area contributed by atoms with Crippen LogP contribution in [0.3, 0.4) is 0 Å². The Morgan fingerprint density at radius 1 is 0.829 bits per heavy atom. The van der Waals surface area contributed by atoms with Crippen molar-refractivity contribution in [1.29, 1.82) is 0 Å². The van der Waals surface area contributed by atoms with Gasteiger partial charge < -0.3 is 30.2 Å². The molecule has 2 unspecified atom stereocenters. The summed E-state index contributed by atoms with van der Waals surface area (Å²) in [6.07, 6.45) is -0.159. The number of hydrogen-bond acceptors (Lipinski definition) is 7. The number of rotatable bonds is 16. The molecule has 0 aliphatic rings. The molecule has 0 heterocycles. The van der Waals surface area contributed by atoms with E-state index < -0.39 is 35.8 Å². The minimum absolute atomic E-state index is 0.0361. The van der Waals surface area contributed by atoms with Crippen molar-refractivity contribution in [3.63, 3.8) is 0 Å². The van der Waals surface area contributed by atoms with Crippen molar-refractivity contribution in [2.75, 3.05) is 33.5 Å². The van der Waals surface area contributed by atoms with Gasteiger partial charge in [0.05, 0.1) is 19.2 Å². The summed E-state index contributed by atoms with van der Waals surface area (Å²) in [5, 5.41) is 7.72. The highest BCUT2D eigenvalue weighted by atomic mass is 16.6. The minimum Gasteiger partial charge on any atom is -0.492 e. The fraction of sp³-hybridized carbons (Fsp3) is 0.600. The van der Waals surface area contributed by atoms with Gasteiger partial charge in [-0.15, -0.1) is 0 Å². The van der Waals surface area contributed by atoms with Crippen LogP contribution in [0.15, 0.2) is 30.3 Å². The Bertz CT molecular complexity index is 800. The monoisotopic (exact) mass is 493 g/mol. The number of carbonyl (C=O) groups excluding carboxylic acids is 4. The number of para-hydroxylation sites is 1. The number of Topliss-reactive ketones (excluding diaryl/α,β-unsaturated/α-hetero) is 1. The maximum absolute atomic E-state index is 13.0. The van der Waals surface area contributed by atoms with Crippen LogP contribution in [0, 0.1) is 11.8 Å². The Balaban J connectivity index is 2.71. The highest BCUT2D eigenvalue weighted by Crippen LogP contribution is 2.10. The molecule has 0 saturated heterocycles. The fourth-order valence-electron chi connectivity index (χ4n) is 3.18. The number of ether oxygens (including phenoxy) is 3. The summed E-state index contributed by atoms with van der Waals surface area (Å²) < 4.78 is 15.3. The highest BCUT2D eigenvalue weighted by Gasteiger charge is 2.31. The van der Waals surface area contributed by atoms with E-state index in [1.807, 2.05) is 45.9 Å². The van der Waals surface area contributed by atoms with E-state index in [4.69, 9.17) is 14.2 Å². The van der Waals surface area contributed by atoms with Gasteiger partial charge in [-0.25, -0.2) is 4.79 Å². The second kappa shape index (κ2) is 16.5. The lowest BCUT2D eigenvalue weighted by Gasteiger charge is -2.24. The Morgan fingerprint density at radius 2 is 1.46 bits per heavy atom. The van der Waals surface area contributed by atoms with Crippen LogP contribution in [0.1, 0.15) is 40.5 Å². The van der Waals surface area contributed by atoms with Crippen LogP contribution in [-0.2, 0) is 23.9 Å². The zero-order valence-electron chi connectivity index (χ0n) is 21.3. The lowest BCUT2D eigenvalue weighted by molar-refractivity contribution is -0.140. The van der Waals surface area contributed by atoms with Gasteiger partial charge in [0.1, 0.15) is 25.0 Å². The van der Waals surface area contributed by atoms with E-state index in [9.17, 15) is 19.2 Å². The molecule has 0 spiro atoms. The van der Waals surface area contributed by atoms with Gasteiger partial charge in [-0.05, 0) is 36.8 Å². The summed E-state index contributed by atoms with van der Waals surface area (Å²) in [5.41, 5.74) is 0. The molecule has 3 amide bonds. The van der Waals surface area contributed by atoms with Crippen molar-refractivity contribution in [3.8, 4) is 5.75 Å². The fourth-order valence-corrected chi connectivity index (χ4v) is 3.18. The van der Waals surface area contributed by atoms with Gasteiger partial charge in [0.15, 0.2) is 0 Å². The van der Waals surface area contributed by atoms with E-state index in [1.54, 1.807) is 12.1 Å². The van der Waals surface area contributed by atoms with Crippen molar-refractivity contribution >= 4 is 23.7 Å². The van der Waals surface area contributed by atoms with Crippen molar-refractivity contribution in [2.24, 2.45) is 11.8 Å². The summed E-state index contributed by atoms with van der Waals surface area (Å²) >= 11 is 0. The van der Waals surface area contributed by atoms with Crippen LogP contribution in [-0.4, -0.2) is 69.2 Å². The topological polar surface area (TPSA) is 132 Å². The number of ketones is 1. The lowest BCUT2D eigenvalue weighted by Crippen LogP contribution is -2.54. The third-order valence-electron chi connectivity index (χ3n) is 4.80. The lowest BCUT2D eigenvalue weighted by atomic mass is 9.98. The molecule has 0 aliphatic carbocycles. The van der Waals surface area contributed by atoms with Crippen molar-refractivity contribution in [3.05, 3.63) is 30.3 Å². The summed E-state index contributed by atoms with van der Waals surface area (Å²) in [7, 11) is 1.48. The van der Waals surface area contributed by atoms with Crippen LogP contribution in [0.25, 0.3) is 0 Å². The maximum atomic E-state index is 13.0. The predicted molar refractivity (Wildman–Crippen MR) is 131 cm³/mol. The van der Waals surface area contributed by atoms with Gasteiger partial charge >= 0.3 is 6.09 Å². The number of nitrogens with one attached hydrogen (secondary N) is 3. The molecule has 35 heavy (non-hydrogen) atoms. The van der Waals surface area contributed by atoms with E-state index in [1.165, 1.54) is 7.11 Å². The first-order valence-electron chi connectivity index (χ1n) is 11.9. The van der Waals surface area contributed by atoms with Crippen molar-refractivity contribution < 1.29 is 33.4 Å². The molecule has 10 nitrogen and oxygen atoms in total. The first kappa shape index (κ1) is 29.9. The predicted octanol–water partition coefficient (Wildman–Crippen LogP) is 2.07. The molecule has 196 valence electrons. The SMILES string of the molecule is COCCOC(=O)NC(CC(C)C)C(=O)NC(CC(C)C)C(=O)C(=O)NCCOc1ccccc1. The average Bonchev–Trinajstić information content (AvgIpc) is 2.80. The number of benzene rings is 1. The van der Waals surface area contributed by atoms with Crippen molar-refractivity contribution in [1.82, 2.24) is 16.0 Å². The molecule has 3 N–H and O–H groups in total. The molecule has 0 aromatic heterocycles. The van der Waals surface area contributed by atoms with Crippen LogP contribution < -0.4 is 20.7 Å². The third-order valence-corrected chi connectivity index (χ3v) is 4.80. The largest absolute Gasteiger partial charge is 0.492 e. The molecule has 0 fully saturated rings. The molecule has 0 saturated carbocycles. The first-order valence-corrected chi connectivity index (χ1v) is 11.9. The molecule has 1 rings (SSSR count). The van der Waals surface area contributed by atoms with Crippen LogP contribution in [0.5, 0.6) is 5.75 Å². The summed E-state index contributed by atoms with van der Waals surface area (Å²) in [6.45, 7) is 8.17. The first-order chi connectivity index (χ1) is 16.6. The quantitative estimate of drug-likeness (QED) is 0.237. The molecule has 0 bridgehead atoms. The van der Waals surface area contributed by atoms with Gasteiger partial charge in [0, 0.05) is 7.11 Å². The third kappa shape index (κ3) is 12.8. The second-order valence-corrected chi connectivity index (χ2v) is 8.93. The Morgan fingerprint density at radius 3 is 2.06 bits per heavy atom. The van der Waals surface area contributed by atoms with Gasteiger partial charge in [-0.2, -0.15) is 0 Å². The molecule has 0 aliphatic heterocycles. The van der Waals surface area contributed by atoms with Gasteiger partial charge in [0.2, 0.25) is 11.7 Å². The maximum Gasteiger partial charge on any atom is 0.407 e. The van der Waals surface area contributed by atoms with E-state index in [0.717, 1.165) is 0 Å². The van der Waals surface area contributed by atoms with Gasteiger partial charge in [0.25, 0.3) is 5.91 Å². The second-order valence-electron chi connectivity index (χ2n) is 8.93. The number of hydrogen-bond donors (Lipinski definition) is 3. The van der Waals surface area contributed by atoms with Crippen LogP contribution in [0.2, 0.25) is 0 Å². The molecule has 1 aromatic carbocycles. The van der Waals surface area contributed by atoms with Gasteiger partial charge in [-0.3, -0.25) is 14.4 Å². The zero-order valence-corrected chi connectivity index (χ0v) is 21.3. The van der Waals surface area contributed by atoms with E-state index in [-0.39, 0.29) is 44.6 Å². The summed E-state index contributed by atoms with van der Waals surface area (Å²) in [6, 6.07) is 7.15. The molecule has 1 aromatic rings. The number of carbonyl (C=O) groups is 4. The molecule has 0 radical (unpaired) electrons. The average molecular weight is 494 g/mol. The van der Waals surface area contributed by atoms with E-state index in [0.29, 0.717) is 12.2 Å². The molecule has 2 atom stereocenters. The number of alkyl carbamates (subject to hydrolysis) is 1. The van der Waals surface area contributed by atoms with Crippen molar-refractivity contribution in [2.45, 2.75) is 52.6 Å². The Kier molecular flexibility index (Phi) is 14.1. The minimum atomic E-state index is -1.03. The zero-order chi connectivity index (χ0) is 26.2. The Labute approximate surface area is 207 Å². The normalized spacial score (nSPS) is 12.5. The van der Waals surface area contributed by atoms with Gasteiger partial charge in [-0.1, -0.05) is 45.9 Å². The standard InChI is InChI=1S/C25H39N3O7/c1-17(2)15-20(22(29)24(31)26-11-12-34-19-9-7-6-8-10-19)27-23(30)21(16-18(3)4)28-25(32)35-14-13-33-5/h6-10,17-18,20-21H,11-16H2,1-5H3,(H,26,31)(H,27,30)(H,28,32).